The van der Waals surface area contributed by atoms with Crippen LogP contribution in [0, 0.1) is 11.6 Å². The molecule has 0 bridgehead atoms. The largest absolute Gasteiger partial charge is 0.436 e. The molecule has 0 fully saturated rings. The van der Waals surface area contributed by atoms with Crippen molar-refractivity contribution in [1.29, 1.82) is 0 Å². The molecule has 1 heterocycles. The van der Waals surface area contributed by atoms with Crippen LogP contribution in [0.5, 0.6) is 11.6 Å². The summed E-state index contributed by atoms with van der Waals surface area (Å²) in [5.41, 5.74) is 1.01. The van der Waals surface area contributed by atoms with Crippen LogP contribution < -0.4 is 10.1 Å². The van der Waals surface area contributed by atoms with Crippen molar-refractivity contribution in [3.63, 3.8) is 0 Å². The van der Waals surface area contributed by atoms with Gasteiger partial charge in [0.15, 0.2) is 11.6 Å². The lowest BCUT2D eigenvalue weighted by Crippen LogP contribution is -2.11. The highest BCUT2D eigenvalue weighted by atomic mass is 19.1. The number of halogens is 2. The second-order valence-corrected chi connectivity index (χ2v) is 3.96. The van der Waals surface area contributed by atoms with E-state index in [-0.39, 0.29) is 11.6 Å². The van der Waals surface area contributed by atoms with Gasteiger partial charge in [0.05, 0.1) is 0 Å². The van der Waals surface area contributed by atoms with Crippen molar-refractivity contribution in [1.82, 2.24) is 10.3 Å². The molecule has 0 aliphatic heterocycles. The van der Waals surface area contributed by atoms with Gasteiger partial charge in [0.25, 0.3) is 0 Å². The average Bonchev–Trinajstić information content (AvgIpc) is 2.41. The first-order valence-corrected chi connectivity index (χ1v) is 5.97. The summed E-state index contributed by atoms with van der Waals surface area (Å²) in [6.45, 7) is 3.61. The number of rotatable bonds is 5. The van der Waals surface area contributed by atoms with Crippen LogP contribution in [0.15, 0.2) is 36.5 Å². The van der Waals surface area contributed by atoms with Crippen molar-refractivity contribution < 1.29 is 13.5 Å². The summed E-state index contributed by atoms with van der Waals surface area (Å²) in [5, 5.41) is 3.17. The normalized spacial score (nSPS) is 10.5. The molecule has 0 aliphatic rings. The van der Waals surface area contributed by atoms with Gasteiger partial charge in [0, 0.05) is 24.9 Å². The number of aromatic nitrogens is 1. The molecule has 5 heteroatoms. The van der Waals surface area contributed by atoms with E-state index in [9.17, 15) is 8.78 Å². The van der Waals surface area contributed by atoms with Gasteiger partial charge >= 0.3 is 0 Å². The van der Waals surface area contributed by atoms with Crippen molar-refractivity contribution in [3.8, 4) is 11.6 Å². The monoisotopic (exact) mass is 264 g/mol. The fraction of sp³-hybridized carbons (Fsp3) is 0.214. The zero-order valence-corrected chi connectivity index (χ0v) is 10.5. The summed E-state index contributed by atoms with van der Waals surface area (Å²) in [4.78, 5) is 4.07. The number of hydrogen-bond acceptors (Lipinski definition) is 3. The second-order valence-electron chi connectivity index (χ2n) is 3.96. The SMILES string of the molecule is CCNCc1ccc(Oc2ccc(F)cc2F)nc1. The van der Waals surface area contributed by atoms with E-state index in [1.165, 1.54) is 6.07 Å². The molecule has 0 spiro atoms. The zero-order valence-electron chi connectivity index (χ0n) is 10.5. The van der Waals surface area contributed by atoms with Crippen molar-refractivity contribution in [2.75, 3.05) is 6.54 Å². The molecular formula is C14H14F2N2O. The maximum Gasteiger partial charge on any atom is 0.219 e. The van der Waals surface area contributed by atoms with E-state index < -0.39 is 11.6 Å². The summed E-state index contributed by atoms with van der Waals surface area (Å²) in [5.74, 6) is -1.17. The van der Waals surface area contributed by atoms with Gasteiger partial charge in [-0.05, 0) is 24.2 Å². The van der Waals surface area contributed by atoms with E-state index in [1.807, 2.05) is 13.0 Å². The third-order valence-electron chi connectivity index (χ3n) is 2.49. The Hall–Kier alpha value is -2.01. The van der Waals surface area contributed by atoms with Crippen molar-refractivity contribution in [3.05, 3.63) is 53.7 Å². The first-order chi connectivity index (χ1) is 9.19. The number of benzene rings is 1. The van der Waals surface area contributed by atoms with Crippen LogP contribution >= 0.6 is 0 Å². The molecule has 0 unspecified atom stereocenters. The number of hydrogen-bond donors (Lipinski definition) is 1. The maximum atomic E-state index is 13.4. The lowest BCUT2D eigenvalue weighted by atomic mass is 10.3. The first kappa shape index (κ1) is 13.4. The number of ether oxygens (including phenoxy) is 1. The van der Waals surface area contributed by atoms with Gasteiger partial charge in [-0.3, -0.25) is 0 Å². The van der Waals surface area contributed by atoms with Gasteiger partial charge in [-0.2, -0.15) is 0 Å². The van der Waals surface area contributed by atoms with E-state index in [4.69, 9.17) is 4.74 Å². The van der Waals surface area contributed by atoms with E-state index in [1.54, 1.807) is 12.3 Å². The Bertz CT molecular complexity index is 544. The van der Waals surface area contributed by atoms with E-state index in [0.717, 1.165) is 24.2 Å². The maximum absolute atomic E-state index is 13.4. The number of nitrogens with zero attached hydrogens (tertiary/aromatic N) is 1. The Labute approximate surface area is 110 Å². The smallest absolute Gasteiger partial charge is 0.219 e. The van der Waals surface area contributed by atoms with Crippen LogP contribution in [0.3, 0.4) is 0 Å². The summed E-state index contributed by atoms with van der Waals surface area (Å²) in [6.07, 6.45) is 1.65. The minimum Gasteiger partial charge on any atom is -0.436 e. The van der Waals surface area contributed by atoms with Gasteiger partial charge < -0.3 is 10.1 Å². The third kappa shape index (κ3) is 3.72. The second kappa shape index (κ2) is 6.24. The van der Waals surface area contributed by atoms with Crippen LogP contribution in [0.2, 0.25) is 0 Å². The highest BCUT2D eigenvalue weighted by Gasteiger charge is 2.06. The van der Waals surface area contributed by atoms with E-state index in [0.29, 0.717) is 6.54 Å². The van der Waals surface area contributed by atoms with E-state index >= 15 is 0 Å². The van der Waals surface area contributed by atoms with Gasteiger partial charge in [0.2, 0.25) is 5.88 Å². The summed E-state index contributed by atoms with van der Waals surface area (Å²) < 4.78 is 31.4. The lowest BCUT2D eigenvalue weighted by Gasteiger charge is -2.07. The highest BCUT2D eigenvalue weighted by molar-refractivity contribution is 5.29. The van der Waals surface area contributed by atoms with Crippen LogP contribution in [-0.2, 0) is 6.54 Å². The summed E-state index contributed by atoms with van der Waals surface area (Å²) in [6, 6.07) is 6.63. The Kier molecular flexibility index (Phi) is 4.41. The minimum absolute atomic E-state index is 0.0478. The molecule has 0 atom stereocenters. The molecular weight excluding hydrogens is 250 g/mol. The molecule has 1 N–H and O–H groups in total. The first-order valence-electron chi connectivity index (χ1n) is 5.97. The molecule has 3 nitrogen and oxygen atoms in total. The van der Waals surface area contributed by atoms with Crippen LogP contribution in [0.25, 0.3) is 0 Å². The molecule has 0 radical (unpaired) electrons. The number of nitrogens with one attached hydrogen (secondary N) is 1. The third-order valence-corrected chi connectivity index (χ3v) is 2.49. The molecule has 1 aromatic carbocycles. The number of pyridine rings is 1. The molecule has 19 heavy (non-hydrogen) atoms. The predicted molar refractivity (Wildman–Crippen MR) is 68.0 cm³/mol. The standard InChI is InChI=1S/C14H14F2N2O/c1-2-17-8-10-3-6-14(18-9-10)19-13-5-4-11(15)7-12(13)16/h3-7,9,17H,2,8H2,1H3. The molecule has 2 aromatic rings. The fourth-order valence-corrected chi connectivity index (χ4v) is 1.52. The quantitative estimate of drug-likeness (QED) is 0.900. The topological polar surface area (TPSA) is 34.1 Å². The van der Waals surface area contributed by atoms with Gasteiger partial charge in [-0.15, -0.1) is 0 Å². The van der Waals surface area contributed by atoms with Crippen molar-refractivity contribution in [2.45, 2.75) is 13.5 Å². The Balaban J connectivity index is 2.06. The predicted octanol–water partition coefficient (Wildman–Crippen LogP) is 3.26. The minimum atomic E-state index is -0.751. The molecule has 0 aliphatic carbocycles. The van der Waals surface area contributed by atoms with Gasteiger partial charge in [-0.25, -0.2) is 13.8 Å². The summed E-state index contributed by atoms with van der Waals surface area (Å²) in [7, 11) is 0. The Morgan fingerprint density at radius 3 is 2.68 bits per heavy atom. The molecule has 1 aromatic heterocycles. The molecule has 0 saturated heterocycles. The lowest BCUT2D eigenvalue weighted by molar-refractivity contribution is 0.423. The highest BCUT2D eigenvalue weighted by Crippen LogP contribution is 2.23. The average molecular weight is 264 g/mol. The Morgan fingerprint density at radius 1 is 1.21 bits per heavy atom. The molecule has 100 valence electrons. The van der Waals surface area contributed by atoms with E-state index in [2.05, 4.69) is 10.3 Å². The van der Waals surface area contributed by atoms with Gasteiger partial charge in [-0.1, -0.05) is 13.0 Å². The molecule has 2 rings (SSSR count). The van der Waals surface area contributed by atoms with Gasteiger partial charge in [0.1, 0.15) is 5.82 Å². The molecule has 0 amide bonds. The fourth-order valence-electron chi connectivity index (χ4n) is 1.52. The zero-order chi connectivity index (χ0) is 13.7. The van der Waals surface area contributed by atoms with Crippen LogP contribution in [0.1, 0.15) is 12.5 Å². The van der Waals surface area contributed by atoms with Crippen LogP contribution in [0.4, 0.5) is 8.78 Å². The molecule has 0 saturated carbocycles. The summed E-state index contributed by atoms with van der Waals surface area (Å²) >= 11 is 0. The van der Waals surface area contributed by atoms with Crippen molar-refractivity contribution in [2.24, 2.45) is 0 Å². The Morgan fingerprint density at radius 2 is 2.05 bits per heavy atom. The van der Waals surface area contributed by atoms with Crippen LogP contribution in [-0.4, -0.2) is 11.5 Å². The van der Waals surface area contributed by atoms with Crippen molar-refractivity contribution >= 4 is 0 Å².